The number of methoxy groups -OCH3 is 1. The van der Waals surface area contributed by atoms with Gasteiger partial charge in [-0.25, -0.2) is 0 Å². The molecule has 0 heterocycles. The van der Waals surface area contributed by atoms with Gasteiger partial charge < -0.3 is 15.4 Å². The largest absolute Gasteiger partial charge is 0.385 e. The molecule has 0 radical (unpaired) electrons. The zero-order valence-electron chi connectivity index (χ0n) is 17.4. The van der Waals surface area contributed by atoms with E-state index in [0.29, 0.717) is 5.41 Å². The highest BCUT2D eigenvalue weighted by atomic mass is 127. The number of halogens is 1. The fourth-order valence-electron chi connectivity index (χ4n) is 5.50. The van der Waals surface area contributed by atoms with E-state index >= 15 is 0 Å². The van der Waals surface area contributed by atoms with Gasteiger partial charge in [-0.15, -0.1) is 24.0 Å². The van der Waals surface area contributed by atoms with Crippen LogP contribution in [-0.4, -0.2) is 39.3 Å². The molecule has 3 aliphatic rings. The number of ether oxygens (including phenoxy) is 1. The van der Waals surface area contributed by atoms with E-state index in [1.165, 1.54) is 32.1 Å². The van der Waals surface area contributed by atoms with Gasteiger partial charge in [-0.3, -0.25) is 4.99 Å². The van der Waals surface area contributed by atoms with Crippen molar-refractivity contribution in [2.45, 2.75) is 51.4 Å². The molecule has 0 bridgehead atoms. The van der Waals surface area contributed by atoms with Crippen molar-refractivity contribution in [3.05, 3.63) is 35.4 Å². The predicted octanol–water partition coefficient (Wildman–Crippen LogP) is 4.34. The Kier molecular flexibility index (Phi) is 7.65. The number of hydrogen-bond donors (Lipinski definition) is 2. The van der Waals surface area contributed by atoms with E-state index in [1.807, 2.05) is 7.11 Å². The summed E-state index contributed by atoms with van der Waals surface area (Å²) in [5.74, 6) is 3.40. The SMILES string of the molecule is CCNC(=NCC1(CCOC)CCCC1)NCC1C2Cc3ccccc3C12.I. The Bertz CT molecular complexity index is 672. The molecular weight excluding hydrogens is 461 g/mol. The topological polar surface area (TPSA) is 45.7 Å². The Hall–Kier alpha value is -0.820. The summed E-state index contributed by atoms with van der Waals surface area (Å²) in [5.41, 5.74) is 3.53. The van der Waals surface area contributed by atoms with E-state index in [4.69, 9.17) is 9.73 Å². The summed E-state index contributed by atoms with van der Waals surface area (Å²) < 4.78 is 5.36. The molecule has 4 nitrogen and oxygen atoms in total. The molecule has 5 heteroatoms. The highest BCUT2D eigenvalue weighted by molar-refractivity contribution is 14.0. The molecule has 2 saturated carbocycles. The van der Waals surface area contributed by atoms with E-state index in [0.717, 1.165) is 56.4 Å². The number of fused-ring (bicyclic) bond motifs is 3. The van der Waals surface area contributed by atoms with Gasteiger partial charge in [-0.05, 0) is 66.9 Å². The molecule has 0 spiro atoms. The number of guanidine groups is 1. The molecular formula is C23H36IN3O. The van der Waals surface area contributed by atoms with Crippen LogP contribution in [0.4, 0.5) is 0 Å². The van der Waals surface area contributed by atoms with Crippen molar-refractivity contribution < 1.29 is 4.74 Å². The summed E-state index contributed by atoms with van der Waals surface area (Å²) in [4.78, 5) is 5.00. The van der Waals surface area contributed by atoms with Crippen molar-refractivity contribution in [3.63, 3.8) is 0 Å². The smallest absolute Gasteiger partial charge is 0.191 e. The molecule has 0 aromatic heterocycles. The molecule has 3 unspecified atom stereocenters. The van der Waals surface area contributed by atoms with Crippen molar-refractivity contribution in [1.82, 2.24) is 10.6 Å². The molecule has 1 aromatic carbocycles. The first-order valence-corrected chi connectivity index (χ1v) is 10.9. The molecule has 2 fully saturated rings. The summed E-state index contributed by atoms with van der Waals surface area (Å²) in [6, 6.07) is 9.00. The first kappa shape index (κ1) is 21.9. The van der Waals surface area contributed by atoms with Crippen LogP contribution < -0.4 is 10.6 Å². The maximum absolute atomic E-state index is 5.36. The highest BCUT2D eigenvalue weighted by Crippen LogP contribution is 2.60. The van der Waals surface area contributed by atoms with Crippen LogP contribution >= 0.6 is 24.0 Å². The minimum absolute atomic E-state index is 0. The fraction of sp³-hybridized carbons (Fsp3) is 0.696. The van der Waals surface area contributed by atoms with Crippen LogP contribution in [0.2, 0.25) is 0 Å². The van der Waals surface area contributed by atoms with E-state index in [9.17, 15) is 0 Å². The van der Waals surface area contributed by atoms with Gasteiger partial charge in [-0.2, -0.15) is 0 Å². The van der Waals surface area contributed by atoms with Gasteiger partial charge in [0.15, 0.2) is 5.96 Å². The quantitative estimate of drug-likeness (QED) is 0.319. The molecule has 4 rings (SSSR count). The van der Waals surface area contributed by atoms with Crippen molar-refractivity contribution in [2.24, 2.45) is 22.2 Å². The van der Waals surface area contributed by atoms with Crippen molar-refractivity contribution in [3.8, 4) is 0 Å². The van der Waals surface area contributed by atoms with Crippen LogP contribution in [0.5, 0.6) is 0 Å². The summed E-state index contributed by atoms with van der Waals surface area (Å²) >= 11 is 0. The maximum atomic E-state index is 5.36. The lowest BCUT2D eigenvalue weighted by molar-refractivity contribution is 0.141. The molecule has 1 aromatic rings. The number of nitrogens with zero attached hydrogens (tertiary/aromatic N) is 1. The number of rotatable bonds is 8. The van der Waals surface area contributed by atoms with E-state index in [2.05, 4.69) is 41.8 Å². The van der Waals surface area contributed by atoms with Gasteiger partial charge in [-0.1, -0.05) is 37.1 Å². The molecule has 0 amide bonds. The zero-order chi connectivity index (χ0) is 18.7. The monoisotopic (exact) mass is 497 g/mol. The Morgan fingerprint density at radius 3 is 2.75 bits per heavy atom. The average Bonchev–Trinajstić information content (AvgIpc) is 3.03. The minimum atomic E-state index is 0. The fourth-order valence-corrected chi connectivity index (χ4v) is 5.50. The van der Waals surface area contributed by atoms with Crippen LogP contribution in [0.3, 0.4) is 0 Å². The molecule has 0 aliphatic heterocycles. The third kappa shape index (κ3) is 4.66. The van der Waals surface area contributed by atoms with Crippen LogP contribution in [0.15, 0.2) is 29.3 Å². The van der Waals surface area contributed by atoms with Crippen molar-refractivity contribution in [1.29, 1.82) is 0 Å². The molecule has 3 atom stereocenters. The summed E-state index contributed by atoms with van der Waals surface area (Å²) in [5, 5.41) is 7.10. The first-order chi connectivity index (χ1) is 13.3. The molecule has 28 heavy (non-hydrogen) atoms. The summed E-state index contributed by atoms with van der Waals surface area (Å²) in [6.45, 7) is 5.88. The van der Waals surface area contributed by atoms with Crippen molar-refractivity contribution >= 4 is 29.9 Å². The number of aliphatic imine (C=N–C) groups is 1. The number of benzene rings is 1. The van der Waals surface area contributed by atoms with Gasteiger partial charge in [0, 0.05) is 33.4 Å². The Labute approximate surface area is 187 Å². The maximum Gasteiger partial charge on any atom is 0.191 e. The lowest BCUT2D eigenvalue weighted by Gasteiger charge is -2.27. The molecule has 2 N–H and O–H groups in total. The van der Waals surface area contributed by atoms with Crippen LogP contribution in [0, 0.1) is 17.3 Å². The highest BCUT2D eigenvalue weighted by Gasteiger charge is 2.54. The molecule has 3 aliphatic carbocycles. The second-order valence-electron chi connectivity index (χ2n) is 8.78. The second-order valence-corrected chi connectivity index (χ2v) is 8.78. The van der Waals surface area contributed by atoms with Gasteiger partial charge in [0.05, 0.1) is 0 Å². The van der Waals surface area contributed by atoms with Gasteiger partial charge in [0.25, 0.3) is 0 Å². The Morgan fingerprint density at radius 1 is 1.21 bits per heavy atom. The Morgan fingerprint density at radius 2 is 2.00 bits per heavy atom. The van der Waals surface area contributed by atoms with Gasteiger partial charge in [0.2, 0.25) is 0 Å². The van der Waals surface area contributed by atoms with E-state index in [1.54, 1.807) is 11.1 Å². The molecule has 0 saturated heterocycles. The molecule has 156 valence electrons. The standard InChI is InChI=1S/C23H35N3O.HI/c1-3-24-22(26-16-23(12-13-27-2)10-6-7-11-23)25-15-20-19-14-17-8-4-5-9-18(17)21(19)20;/h4-5,8-9,19-21H,3,6-7,10-16H2,1-2H3,(H2,24,25,26);1H. The van der Waals surface area contributed by atoms with E-state index in [-0.39, 0.29) is 24.0 Å². The summed E-state index contributed by atoms with van der Waals surface area (Å²) in [7, 11) is 1.81. The van der Waals surface area contributed by atoms with Crippen LogP contribution in [0.25, 0.3) is 0 Å². The number of hydrogen-bond acceptors (Lipinski definition) is 2. The van der Waals surface area contributed by atoms with Gasteiger partial charge >= 0.3 is 0 Å². The first-order valence-electron chi connectivity index (χ1n) is 10.9. The van der Waals surface area contributed by atoms with Gasteiger partial charge in [0.1, 0.15) is 0 Å². The number of nitrogens with one attached hydrogen (secondary N) is 2. The Balaban J connectivity index is 0.00000225. The normalized spacial score (nSPS) is 26.9. The second kappa shape index (κ2) is 9.79. The third-order valence-corrected chi connectivity index (χ3v) is 7.12. The van der Waals surface area contributed by atoms with Crippen LogP contribution in [0.1, 0.15) is 56.1 Å². The zero-order valence-corrected chi connectivity index (χ0v) is 19.7. The van der Waals surface area contributed by atoms with E-state index < -0.39 is 0 Å². The predicted molar refractivity (Wildman–Crippen MR) is 127 cm³/mol. The van der Waals surface area contributed by atoms with Crippen molar-refractivity contribution in [2.75, 3.05) is 33.4 Å². The average molecular weight is 497 g/mol. The summed E-state index contributed by atoms with van der Waals surface area (Å²) in [6.07, 6.45) is 7.67. The third-order valence-electron chi connectivity index (χ3n) is 7.12. The lowest BCUT2D eigenvalue weighted by atomic mass is 9.83. The minimum Gasteiger partial charge on any atom is -0.385 e. The lowest BCUT2D eigenvalue weighted by Crippen LogP contribution is -2.39. The van der Waals surface area contributed by atoms with Crippen LogP contribution in [-0.2, 0) is 11.2 Å².